The summed E-state index contributed by atoms with van der Waals surface area (Å²) in [5.74, 6) is 0.707. The fourth-order valence-corrected chi connectivity index (χ4v) is 1.95. The molecule has 0 aliphatic heterocycles. The van der Waals surface area contributed by atoms with Crippen molar-refractivity contribution in [2.45, 2.75) is 12.8 Å². The largest absolute Gasteiger partial charge is 0.506 e. The highest BCUT2D eigenvalue weighted by molar-refractivity contribution is 5.92. The van der Waals surface area contributed by atoms with Gasteiger partial charge in [-0.25, -0.2) is 0 Å². The van der Waals surface area contributed by atoms with Crippen molar-refractivity contribution in [3.8, 4) is 11.5 Å². The third kappa shape index (κ3) is 3.51. The summed E-state index contributed by atoms with van der Waals surface area (Å²) < 4.78 is 5.24. The van der Waals surface area contributed by atoms with Crippen molar-refractivity contribution in [3.05, 3.63) is 54.1 Å². The molecule has 0 bridgehead atoms. The van der Waals surface area contributed by atoms with Crippen LogP contribution in [-0.2, 0) is 11.2 Å². The van der Waals surface area contributed by atoms with Crippen LogP contribution in [0.25, 0.3) is 0 Å². The third-order valence-electron chi connectivity index (χ3n) is 2.99. The van der Waals surface area contributed by atoms with Gasteiger partial charge in [-0.1, -0.05) is 30.3 Å². The number of phenols is 1. The van der Waals surface area contributed by atoms with E-state index in [9.17, 15) is 9.90 Å². The van der Waals surface area contributed by atoms with Crippen LogP contribution in [0, 0.1) is 0 Å². The molecule has 0 saturated carbocycles. The maximum absolute atomic E-state index is 11.9. The summed E-state index contributed by atoms with van der Waals surface area (Å²) in [4.78, 5) is 11.9. The van der Waals surface area contributed by atoms with Gasteiger partial charge >= 0.3 is 0 Å². The monoisotopic (exact) mass is 271 g/mol. The molecule has 2 aromatic carbocycles. The van der Waals surface area contributed by atoms with Crippen molar-refractivity contribution in [2.75, 3.05) is 12.4 Å². The Hall–Kier alpha value is -2.49. The Labute approximate surface area is 118 Å². The highest BCUT2D eigenvalue weighted by Crippen LogP contribution is 2.22. The maximum atomic E-state index is 11.9. The first-order valence-corrected chi connectivity index (χ1v) is 6.40. The van der Waals surface area contributed by atoms with Crippen molar-refractivity contribution in [3.63, 3.8) is 0 Å². The molecule has 0 unspecified atom stereocenters. The summed E-state index contributed by atoms with van der Waals surface area (Å²) in [6.45, 7) is 0. The first kappa shape index (κ1) is 13.9. The lowest BCUT2D eigenvalue weighted by Gasteiger charge is -2.09. The van der Waals surface area contributed by atoms with Gasteiger partial charge < -0.3 is 15.2 Å². The summed E-state index contributed by atoms with van der Waals surface area (Å²) in [7, 11) is 1.61. The molecular weight excluding hydrogens is 254 g/mol. The van der Waals surface area contributed by atoms with Crippen molar-refractivity contribution >= 4 is 11.6 Å². The molecular formula is C16H17NO3. The fourth-order valence-electron chi connectivity index (χ4n) is 1.95. The lowest BCUT2D eigenvalue weighted by atomic mass is 10.1. The van der Waals surface area contributed by atoms with Gasteiger partial charge in [0.05, 0.1) is 12.8 Å². The number of benzene rings is 2. The van der Waals surface area contributed by atoms with Crippen LogP contribution in [0.3, 0.4) is 0 Å². The lowest BCUT2D eigenvalue weighted by Crippen LogP contribution is -2.12. The molecule has 0 aliphatic carbocycles. The zero-order chi connectivity index (χ0) is 14.4. The summed E-state index contributed by atoms with van der Waals surface area (Å²) >= 11 is 0. The van der Waals surface area contributed by atoms with Gasteiger partial charge in [0.2, 0.25) is 5.91 Å². The molecule has 0 atom stereocenters. The topological polar surface area (TPSA) is 58.6 Å². The van der Waals surface area contributed by atoms with Gasteiger partial charge in [-0.05, 0) is 30.2 Å². The van der Waals surface area contributed by atoms with Gasteiger partial charge in [-0.3, -0.25) is 4.79 Å². The third-order valence-corrected chi connectivity index (χ3v) is 2.99. The number of aryl methyl sites for hydroxylation is 1. The van der Waals surface area contributed by atoms with Gasteiger partial charge in [0.25, 0.3) is 0 Å². The quantitative estimate of drug-likeness (QED) is 0.822. The van der Waals surface area contributed by atoms with E-state index in [-0.39, 0.29) is 11.7 Å². The average Bonchev–Trinajstić information content (AvgIpc) is 2.48. The Morgan fingerprint density at radius 3 is 2.60 bits per heavy atom. The second-order valence-electron chi connectivity index (χ2n) is 4.38. The molecule has 0 spiro atoms. The van der Waals surface area contributed by atoms with Gasteiger partial charge in [0, 0.05) is 6.42 Å². The number of ether oxygens (including phenoxy) is 1. The summed E-state index contributed by atoms with van der Waals surface area (Å²) in [6, 6.07) is 14.3. The minimum Gasteiger partial charge on any atom is -0.506 e. The average molecular weight is 271 g/mol. The van der Waals surface area contributed by atoms with Crippen molar-refractivity contribution in [1.82, 2.24) is 0 Å². The fraction of sp³-hybridized carbons (Fsp3) is 0.188. The summed E-state index contributed by atoms with van der Waals surface area (Å²) in [5, 5.41) is 12.3. The van der Waals surface area contributed by atoms with Crippen molar-refractivity contribution in [1.29, 1.82) is 0 Å². The first-order valence-electron chi connectivity index (χ1n) is 6.40. The van der Waals surface area contributed by atoms with Crippen LogP contribution in [0.5, 0.6) is 11.5 Å². The maximum Gasteiger partial charge on any atom is 0.224 e. The van der Waals surface area contributed by atoms with E-state index in [0.29, 0.717) is 18.5 Å². The number of methoxy groups -OCH3 is 1. The van der Waals surface area contributed by atoms with E-state index in [1.54, 1.807) is 25.3 Å². The molecule has 2 rings (SSSR count). The van der Waals surface area contributed by atoms with E-state index in [0.717, 1.165) is 11.3 Å². The van der Waals surface area contributed by atoms with Crippen LogP contribution < -0.4 is 10.1 Å². The molecule has 0 radical (unpaired) electrons. The van der Waals surface area contributed by atoms with E-state index in [4.69, 9.17) is 4.74 Å². The minimum absolute atomic E-state index is 0.0677. The second-order valence-corrected chi connectivity index (χ2v) is 4.38. The molecule has 0 saturated heterocycles. The van der Waals surface area contributed by atoms with E-state index in [1.165, 1.54) is 6.07 Å². The Bertz CT molecular complexity index is 596. The highest BCUT2D eigenvalue weighted by atomic mass is 16.5. The van der Waals surface area contributed by atoms with Crippen molar-refractivity contribution in [2.24, 2.45) is 0 Å². The van der Waals surface area contributed by atoms with Crippen LogP contribution in [0.15, 0.2) is 48.5 Å². The Kier molecular flexibility index (Phi) is 4.60. The predicted molar refractivity (Wildman–Crippen MR) is 78.1 cm³/mol. The van der Waals surface area contributed by atoms with Crippen LogP contribution in [0.4, 0.5) is 5.69 Å². The molecule has 1 amide bonds. The zero-order valence-electron chi connectivity index (χ0n) is 11.3. The van der Waals surface area contributed by atoms with E-state index in [2.05, 4.69) is 5.32 Å². The number of carbonyl (C=O) groups is 1. The number of para-hydroxylation sites is 3. The predicted octanol–water partition coefficient (Wildman–Crippen LogP) is 2.97. The standard InChI is InChI=1S/C16H17NO3/c1-20-15-9-5-2-6-12(15)10-11-16(19)17-13-7-3-4-8-14(13)18/h2-9,18H,10-11H2,1H3,(H,17,19). The molecule has 104 valence electrons. The van der Waals surface area contributed by atoms with Crippen LogP contribution in [-0.4, -0.2) is 18.1 Å². The number of hydrogen-bond acceptors (Lipinski definition) is 3. The SMILES string of the molecule is COc1ccccc1CCC(=O)Nc1ccccc1O. The molecule has 0 aliphatic rings. The van der Waals surface area contributed by atoms with Gasteiger partial charge in [0.1, 0.15) is 11.5 Å². The van der Waals surface area contributed by atoms with Crippen LogP contribution in [0.2, 0.25) is 0 Å². The molecule has 4 nitrogen and oxygen atoms in total. The molecule has 4 heteroatoms. The summed E-state index contributed by atoms with van der Waals surface area (Å²) in [6.07, 6.45) is 0.915. The van der Waals surface area contributed by atoms with Gasteiger partial charge in [-0.2, -0.15) is 0 Å². The van der Waals surface area contributed by atoms with E-state index in [1.807, 2.05) is 24.3 Å². The lowest BCUT2D eigenvalue weighted by molar-refractivity contribution is -0.116. The number of nitrogens with one attached hydrogen (secondary N) is 1. The minimum atomic E-state index is -0.141. The van der Waals surface area contributed by atoms with E-state index >= 15 is 0 Å². The number of rotatable bonds is 5. The number of anilines is 1. The van der Waals surface area contributed by atoms with Crippen LogP contribution >= 0.6 is 0 Å². The Morgan fingerprint density at radius 2 is 1.85 bits per heavy atom. The summed E-state index contributed by atoms with van der Waals surface area (Å²) in [5.41, 5.74) is 1.42. The smallest absolute Gasteiger partial charge is 0.224 e. The number of carbonyl (C=O) groups excluding carboxylic acids is 1. The molecule has 0 fully saturated rings. The molecule has 2 aromatic rings. The highest BCUT2D eigenvalue weighted by Gasteiger charge is 2.08. The molecule has 20 heavy (non-hydrogen) atoms. The van der Waals surface area contributed by atoms with Gasteiger partial charge in [-0.15, -0.1) is 0 Å². The molecule has 2 N–H and O–H groups in total. The second kappa shape index (κ2) is 6.61. The number of hydrogen-bond donors (Lipinski definition) is 2. The van der Waals surface area contributed by atoms with Crippen molar-refractivity contribution < 1.29 is 14.6 Å². The molecule has 0 aromatic heterocycles. The zero-order valence-corrected chi connectivity index (χ0v) is 11.3. The van der Waals surface area contributed by atoms with Crippen LogP contribution in [0.1, 0.15) is 12.0 Å². The van der Waals surface area contributed by atoms with E-state index < -0.39 is 0 Å². The Balaban J connectivity index is 1.94. The number of aromatic hydroxyl groups is 1. The normalized spacial score (nSPS) is 10.1. The number of phenolic OH excluding ortho intramolecular Hbond substituents is 1. The number of amides is 1. The molecule has 0 heterocycles. The Morgan fingerprint density at radius 1 is 1.15 bits per heavy atom. The first-order chi connectivity index (χ1) is 9.70. The van der Waals surface area contributed by atoms with Gasteiger partial charge in [0.15, 0.2) is 0 Å².